The Bertz CT molecular complexity index is 848. The molecule has 0 unspecified atom stereocenters. The third-order valence-electron chi connectivity index (χ3n) is 4.60. The lowest BCUT2D eigenvalue weighted by molar-refractivity contribution is 0.192. The Balaban J connectivity index is 1.37. The fraction of sp³-hybridized carbons (Fsp3) is 0.263. The number of nitrogens with one attached hydrogen (secondary N) is 1. The second kappa shape index (κ2) is 7.35. The molecular weight excluding hydrogens is 328 g/mol. The van der Waals surface area contributed by atoms with Crippen LogP contribution >= 0.6 is 0 Å². The number of aromatic nitrogens is 4. The first-order valence-corrected chi connectivity index (χ1v) is 8.70. The number of benzene rings is 1. The van der Waals surface area contributed by atoms with E-state index in [9.17, 15) is 4.79 Å². The van der Waals surface area contributed by atoms with Gasteiger partial charge in [0, 0.05) is 19.3 Å². The largest absolute Gasteiger partial charge is 0.334 e. The maximum absolute atomic E-state index is 12.6. The van der Waals surface area contributed by atoms with E-state index in [-0.39, 0.29) is 12.1 Å². The maximum atomic E-state index is 12.6. The van der Waals surface area contributed by atoms with Crippen molar-refractivity contribution >= 4 is 6.03 Å². The summed E-state index contributed by atoms with van der Waals surface area (Å²) < 4.78 is 1.59. The topological polar surface area (TPSA) is 75.9 Å². The first-order valence-electron chi connectivity index (χ1n) is 8.70. The summed E-state index contributed by atoms with van der Waals surface area (Å²) >= 11 is 0. The summed E-state index contributed by atoms with van der Waals surface area (Å²) in [5, 5.41) is 7.05. The van der Waals surface area contributed by atoms with E-state index >= 15 is 0 Å². The third-order valence-corrected chi connectivity index (χ3v) is 4.60. The Hall–Kier alpha value is -3.22. The average Bonchev–Trinajstić information content (AvgIpc) is 3.39. The SMILES string of the molecule is O=C(NCc1ccc(-n2cncn2)nc1)N1CCC[C@@H]1c1ccccc1. The molecule has 4 rings (SSSR count). The Morgan fingerprint density at radius 2 is 2.08 bits per heavy atom. The molecule has 0 aliphatic carbocycles. The highest BCUT2D eigenvalue weighted by molar-refractivity contribution is 5.75. The van der Waals surface area contributed by atoms with Crippen LogP contribution in [-0.2, 0) is 6.54 Å². The number of nitrogens with zero attached hydrogens (tertiary/aromatic N) is 5. The number of likely N-dealkylation sites (tertiary alicyclic amines) is 1. The van der Waals surface area contributed by atoms with Crippen LogP contribution in [0.2, 0.25) is 0 Å². The van der Waals surface area contributed by atoms with Crippen LogP contribution in [0.1, 0.15) is 30.0 Å². The van der Waals surface area contributed by atoms with Gasteiger partial charge in [-0.3, -0.25) is 0 Å². The molecule has 2 amide bonds. The molecule has 3 aromatic rings. The number of carbonyl (C=O) groups excluding carboxylic acids is 1. The van der Waals surface area contributed by atoms with Gasteiger partial charge in [0.05, 0.1) is 6.04 Å². The lowest BCUT2D eigenvalue weighted by Crippen LogP contribution is -2.39. The Morgan fingerprint density at radius 3 is 2.81 bits per heavy atom. The molecule has 1 fully saturated rings. The Labute approximate surface area is 151 Å². The van der Waals surface area contributed by atoms with E-state index in [0.29, 0.717) is 12.4 Å². The van der Waals surface area contributed by atoms with Gasteiger partial charge in [-0.2, -0.15) is 5.10 Å². The van der Waals surface area contributed by atoms with Crippen LogP contribution in [0.15, 0.2) is 61.3 Å². The first kappa shape index (κ1) is 16.3. The molecule has 1 aliphatic heterocycles. The highest BCUT2D eigenvalue weighted by Gasteiger charge is 2.29. The minimum Gasteiger partial charge on any atom is -0.334 e. The van der Waals surface area contributed by atoms with Crippen molar-refractivity contribution in [1.82, 2.24) is 30.0 Å². The van der Waals surface area contributed by atoms with Crippen molar-refractivity contribution in [3.8, 4) is 5.82 Å². The summed E-state index contributed by atoms with van der Waals surface area (Å²) in [4.78, 5) is 22.8. The smallest absolute Gasteiger partial charge is 0.318 e. The van der Waals surface area contributed by atoms with Gasteiger partial charge in [-0.05, 0) is 30.0 Å². The normalized spacial score (nSPS) is 16.6. The van der Waals surface area contributed by atoms with Gasteiger partial charge in [-0.25, -0.2) is 19.4 Å². The summed E-state index contributed by atoms with van der Waals surface area (Å²) in [5.74, 6) is 0.696. The number of hydrogen-bond donors (Lipinski definition) is 1. The number of carbonyl (C=O) groups is 1. The van der Waals surface area contributed by atoms with Gasteiger partial charge in [0.25, 0.3) is 0 Å². The van der Waals surface area contributed by atoms with Gasteiger partial charge in [0.1, 0.15) is 12.7 Å². The molecule has 0 spiro atoms. The molecule has 1 N–H and O–H groups in total. The van der Waals surface area contributed by atoms with E-state index in [4.69, 9.17) is 0 Å². The number of urea groups is 1. The molecule has 1 aromatic carbocycles. The number of rotatable bonds is 4. The third kappa shape index (κ3) is 3.42. The number of amides is 2. The minimum atomic E-state index is -0.0308. The molecule has 2 aromatic heterocycles. The van der Waals surface area contributed by atoms with Crippen molar-refractivity contribution in [2.75, 3.05) is 6.54 Å². The first-order chi connectivity index (χ1) is 12.8. The van der Waals surface area contributed by atoms with Crippen molar-refractivity contribution in [1.29, 1.82) is 0 Å². The van der Waals surface area contributed by atoms with E-state index in [1.165, 1.54) is 11.9 Å². The average molecular weight is 348 g/mol. The highest BCUT2D eigenvalue weighted by atomic mass is 16.2. The van der Waals surface area contributed by atoms with E-state index in [2.05, 4.69) is 32.5 Å². The molecule has 0 bridgehead atoms. The zero-order valence-electron chi connectivity index (χ0n) is 14.3. The molecule has 1 atom stereocenters. The quantitative estimate of drug-likeness (QED) is 0.786. The molecule has 26 heavy (non-hydrogen) atoms. The van der Waals surface area contributed by atoms with Crippen molar-refractivity contribution in [3.05, 3.63) is 72.4 Å². The standard InChI is InChI=1S/C19H20N6O/c26-19(24-10-4-7-17(24)16-5-2-1-3-6-16)22-12-15-8-9-18(21-11-15)25-14-20-13-23-25/h1-3,5-6,8-9,11,13-14,17H,4,7,10,12H2,(H,22,26)/t17-/m1/s1. The second-order valence-corrected chi connectivity index (χ2v) is 6.29. The van der Waals surface area contributed by atoms with Crippen LogP contribution in [0.4, 0.5) is 4.79 Å². The minimum absolute atomic E-state index is 0.0308. The molecule has 3 heterocycles. The monoisotopic (exact) mass is 348 g/mol. The van der Waals surface area contributed by atoms with E-state index in [0.717, 1.165) is 24.9 Å². The van der Waals surface area contributed by atoms with Gasteiger partial charge in [-0.15, -0.1) is 0 Å². The van der Waals surface area contributed by atoms with E-state index < -0.39 is 0 Å². The molecule has 7 nitrogen and oxygen atoms in total. The molecule has 7 heteroatoms. The molecule has 0 radical (unpaired) electrons. The van der Waals surface area contributed by atoms with Crippen molar-refractivity contribution in [2.24, 2.45) is 0 Å². The van der Waals surface area contributed by atoms with Gasteiger partial charge >= 0.3 is 6.03 Å². The zero-order valence-corrected chi connectivity index (χ0v) is 14.3. The van der Waals surface area contributed by atoms with E-state index in [1.54, 1.807) is 17.2 Å². The summed E-state index contributed by atoms with van der Waals surface area (Å²) in [6, 6.07) is 14.1. The Morgan fingerprint density at radius 1 is 1.19 bits per heavy atom. The predicted octanol–water partition coefficient (Wildman–Crippen LogP) is 2.71. The van der Waals surface area contributed by atoms with Crippen LogP contribution in [-0.4, -0.2) is 37.2 Å². The molecule has 0 saturated carbocycles. The highest BCUT2D eigenvalue weighted by Crippen LogP contribution is 2.31. The second-order valence-electron chi connectivity index (χ2n) is 6.29. The van der Waals surface area contributed by atoms with Gasteiger partial charge < -0.3 is 10.2 Å². The van der Waals surface area contributed by atoms with Crippen molar-refractivity contribution in [3.63, 3.8) is 0 Å². The molecular formula is C19H20N6O. The van der Waals surface area contributed by atoms with Gasteiger partial charge in [0.15, 0.2) is 5.82 Å². The summed E-state index contributed by atoms with van der Waals surface area (Å²) in [6.45, 7) is 1.23. The maximum Gasteiger partial charge on any atom is 0.318 e. The summed E-state index contributed by atoms with van der Waals surface area (Å²) in [6.07, 6.45) is 6.85. The van der Waals surface area contributed by atoms with Gasteiger partial charge in [-0.1, -0.05) is 36.4 Å². The zero-order chi connectivity index (χ0) is 17.8. The molecule has 1 saturated heterocycles. The van der Waals surface area contributed by atoms with Crippen molar-refractivity contribution < 1.29 is 4.79 Å². The van der Waals surface area contributed by atoms with Crippen LogP contribution < -0.4 is 5.32 Å². The lowest BCUT2D eigenvalue weighted by Gasteiger charge is -2.25. The molecule has 132 valence electrons. The Kier molecular flexibility index (Phi) is 4.59. The van der Waals surface area contributed by atoms with Crippen molar-refractivity contribution in [2.45, 2.75) is 25.4 Å². The van der Waals surface area contributed by atoms with E-state index in [1.807, 2.05) is 35.2 Å². The number of hydrogen-bond acceptors (Lipinski definition) is 4. The van der Waals surface area contributed by atoms with Gasteiger partial charge in [0.2, 0.25) is 0 Å². The predicted molar refractivity (Wildman–Crippen MR) is 96.5 cm³/mol. The molecule has 1 aliphatic rings. The fourth-order valence-corrected chi connectivity index (χ4v) is 3.29. The fourth-order valence-electron chi connectivity index (χ4n) is 3.29. The lowest BCUT2D eigenvalue weighted by atomic mass is 10.1. The number of pyridine rings is 1. The van der Waals surface area contributed by atoms with Crippen LogP contribution in [0.5, 0.6) is 0 Å². The van der Waals surface area contributed by atoms with Crippen LogP contribution in [0.3, 0.4) is 0 Å². The van der Waals surface area contributed by atoms with Crippen LogP contribution in [0, 0.1) is 0 Å². The summed E-state index contributed by atoms with van der Waals surface area (Å²) in [7, 11) is 0. The summed E-state index contributed by atoms with van der Waals surface area (Å²) in [5.41, 5.74) is 2.14. The van der Waals surface area contributed by atoms with Crippen LogP contribution in [0.25, 0.3) is 5.82 Å².